The van der Waals surface area contributed by atoms with Crippen LogP contribution in [0.2, 0.25) is 0 Å². The highest BCUT2D eigenvalue weighted by atomic mass is 19.1. The van der Waals surface area contributed by atoms with Gasteiger partial charge in [-0.25, -0.2) is 14.2 Å². The fourth-order valence-corrected chi connectivity index (χ4v) is 2.80. The van der Waals surface area contributed by atoms with Crippen molar-refractivity contribution < 1.29 is 13.9 Å². The minimum atomic E-state index is -0.252. The lowest BCUT2D eigenvalue weighted by Gasteiger charge is -2.12. The molecule has 1 heterocycles. The van der Waals surface area contributed by atoms with Gasteiger partial charge in [0.2, 0.25) is 12.0 Å². The van der Waals surface area contributed by atoms with Gasteiger partial charge in [0.25, 0.3) is 0 Å². The van der Waals surface area contributed by atoms with Gasteiger partial charge in [0, 0.05) is 17.8 Å². The van der Waals surface area contributed by atoms with E-state index in [0.29, 0.717) is 34.7 Å². The van der Waals surface area contributed by atoms with Gasteiger partial charge in [0.05, 0.1) is 12.8 Å². The molecule has 1 aliphatic rings. The number of halogens is 1. The van der Waals surface area contributed by atoms with Crippen molar-refractivity contribution >= 4 is 11.8 Å². The van der Waals surface area contributed by atoms with Crippen molar-refractivity contribution in [2.45, 2.75) is 19.3 Å². The molecule has 2 aromatic rings. The first-order valence-corrected chi connectivity index (χ1v) is 6.67. The molecule has 5 heteroatoms. The molecule has 0 N–H and O–H groups in total. The second kappa shape index (κ2) is 5.46. The lowest BCUT2D eigenvalue weighted by atomic mass is 9.97. The predicted molar refractivity (Wildman–Crippen MR) is 76.0 cm³/mol. The van der Waals surface area contributed by atoms with E-state index in [1.54, 1.807) is 24.4 Å². The smallest absolute Gasteiger partial charge is 0.240 e. The van der Waals surface area contributed by atoms with Crippen molar-refractivity contribution in [3.05, 3.63) is 41.3 Å². The first-order valence-electron chi connectivity index (χ1n) is 6.67. The predicted octanol–water partition coefficient (Wildman–Crippen LogP) is 3.35. The zero-order chi connectivity index (χ0) is 14.8. The molecule has 0 aliphatic heterocycles. The second-order valence-corrected chi connectivity index (χ2v) is 4.86. The Labute approximate surface area is 121 Å². The Kier molecular flexibility index (Phi) is 3.50. The van der Waals surface area contributed by atoms with Crippen molar-refractivity contribution in [2.24, 2.45) is 4.99 Å². The molecule has 1 aliphatic carbocycles. The Hall–Kier alpha value is -2.52. The molecule has 0 radical (unpaired) electrons. The second-order valence-electron chi connectivity index (χ2n) is 4.86. The monoisotopic (exact) mass is 284 g/mol. The third-order valence-corrected chi connectivity index (χ3v) is 3.73. The highest BCUT2D eigenvalue weighted by molar-refractivity contribution is 5.81. The Bertz CT molecular complexity index is 752. The summed E-state index contributed by atoms with van der Waals surface area (Å²) >= 11 is 0. The SMILES string of the molecule is COc1cc(-c2cc(F)c3c(c2N=C=O)CCC3)ccn1. The average Bonchev–Trinajstić information content (AvgIpc) is 3.00. The third kappa shape index (κ3) is 2.32. The molecule has 1 aromatic carbocycles. The Morgan fingerprint density at radius 3 is 2.90 bits per heavy atom. The van der Waals surface area contributed by atoms with Crippen molar-refractivity contribution in [1.82, 2.24) is 4.98 Å². The van der Waals surface area contributed by atoms with E-state index < -0.39 is 0 Å². The number of pyridine rings is 1. The van der Waals surface area contributed by atoms with Crippen molar-refractivity contribution in [3.63, 3.8) is 0 Å². The molecular weight excluding hydrogens is 271 g/mol. The van der Waals surface area contributed by atoms with Crippen LogP contribution in [-0.2, 0) is 17.6 Å². The molecule has 4 nitrogen and oxygen atoms in total. The van der Waals surface area contributed by atoms with Crippen LogP contribution in [0.15, 0.2) is 29.4 Å². The fourth-order valence-electron chi connectivity index (χ4n) is 2.80. The maximum absolute atomic E-state index is 14.3. The zero-order valence-corrected chi connectivity index (χ0v) is 11.5. The van der Waals surface area contributed by atoms with Gasteiger partial charge in [-0.3, -0.25) is 0 Å². The lowest BCUT2D eigenvalue weighted by Crippen LogP contribution is -1.94. The summed E-state index contributed by atoms with van der Waals surface area (Å²) in [4.78, 5) is 18.6. The molecule has 0 amide bonds. The Morgan fingerprint density at radius 2 is 2.14 bits per heavy atom. The van der Waals surface area contributed by atoms with Crippen molar-refractivity contribution in [1.29, 1.82) is 0 Å². The van der Waals surface area contributed by atoms with Gasteiger partial charge in [0.15, 0.2) is 0 Å². The fraction of sp³-hybridized carbons (Fsp3) is 0.250. The number of aromatic nitrogens is 1. The maximum atomic E-state index is 14.3. The summed E-state index contributed by atoms with van der Waals surface area (Å²) in [5.74, 6) is 0.174. The van der Waals surface area contributed by atoms with Gasteiger partial charge in [-0.1, -0.05) is 0 Å². The van der Waals surface area contributed by atoms with Gasteiger partial charge in [-0.15, -0.1) is 0 Å². The molecule has 0 fully saturated rings. The van der Waals surface area contributed by atoms with Gasteiger partial charge in [0.1, 0.15) is 5.82 Å². The van der Waals surface area contributed by atoms with Crippen molar-refractivity contribution in [2.75, 3.05) is 7.11 Å². The van der Waals surface area contributed by atoms with E-state index in [1.165, 1.54) is 13.2 Å². The van der Waals surface area contributed by atoms with E-state index in [-0.39, 0.29) is 5.82 Å². The normalized spacial score (nSPS) is 12.7. The molecule has 0 atom stereocenters. The van der Waals surface area contributed by atoms with Crippen LogP contribution in [0.25, 0.3) is 11.1 Å². The number of aliphatic imine (C=N–C) groups is 1. The van der Waals surface area contributed by atoms with E-state index >= 15 is 0 Å². The summed E-state index contributed by atoms with van der Waals surface area (Å²) in [6.45, 7) is 0. The molecule has 0 bridgehead atoms. The molecule has 1 aromatic heterocycles. The van der Waals surface area contributed by atoms with E-state index in [4.69, 9.17) is 4.74 Å². The van der Waals surface area contributed by atoms with Gasteiger partial charge in [-0.05, 0) is 48.1 Å². The first kappa shape index (κ1) is 13.5. The van der Waals surface area contributed by atoms with E-state index in [9.17, 15) is 9.18 Å². The Morgan fingerprint density at radius 1 is 1.33 bits per heavy atom. The minimum absolute atomic E-state index is 0.252. The molecule has 3 rings (SSSR count). The summed E-state index contributed by atoms with van der Waals surface area (Å²) in [5, 5.41) is 0. The van der Waals surface area contributed by atoms with Crippen LogP contribution in [0.1, 0.15) is 17.5 Å². The highest BCUT2D eigenvalue weighted by Crippen LogP contribution is 2.41. The standard InChI is InChI=1S/C16H13FN2O2/c1-21-15-7-10(5-6-18-15)13-8-14(17)11-3-2-4-12(11)16(13)19-9-20/h5-8H,2-4H2,1H3. The number of benzene rings is 1. The van der Waals surface area contributed by atoms with Crippen LogP contribution in [0.3, 0.4) is 0 Å². The topological polar surface area (TPSA) is 51.5 Å². The van der Waals surface area contributed by atoms with E-state index in [1.807, 2.05) is 0 Å². The number of carbonyl (C=O) groups excluding carboxylic acids is 1. The number of ether oxygens (including phenoxy) is 1. The molecule has 0 spiro atoms. The maximum Gasteiger partial charge on any atom is 0.240 e. The zero-order valence-electron chi connectivity index (χ0n) is 11.5. The minimum Gasteiger partial charge on any atom is -0.481 e. The summed E-state index contributed by atoms with van der Waals surface area (Å²) in [6.07, 6.45) is 5.43. The van der Waals surface area contributed by atoms with E-state index in [0.717, 1.165) is 18.4 Å². The number of isocyanates is 1. The van der Waals surface area contributed by atoms with Gasteiger partial charge < -0.3 is 4.74 Å². The molecule has 21 heavy (non-hydrogen) atoms. The summed E-state index contributed by atoms with van der Waals surface area (Å²) < 4.78 is 19.3. The van der Waals surface area contributed by atoms with Crippen LogP contribution in [-0.4, -0.2) is 18.2 Å². The number of hydrogen-bond donors (Lipinski definition) is 0. The van der Waals surface area contributed by atoms with Crippen LogP contribution >= 0.6 is 0 Å². The largest absolute Gasteiger partial charge is 0.481 e. The first-order chi connectivity index (χ1) is 10.2. The van der Waals surface area contributed by atoms with E-state index in [2.05, 4.69) is 9.98 Å². The molecule has 0 saturated heterocycles. The molecular formula is C16H13FN2O2. The number of hydrogen-bond acceptors (Lipinski definition) is 4. The summed E-state index contributed by atoms with van der Waals surface area (Å²) in [7, 11) is 1.51. The van der Waals surface area contributed by atoms with Crippen LogP contribution < -0.4 is 4.74 Å². The van der Waals surface area contributed by atoms with Crippen LogP contribution in [0.5, 0.6) is 5.88 Å². The van der Waals surface area contributed by atoms with Gasteiger partial charge in [-0.2, -0.15) is 4.99 Å². The quantitative estimate of drug-likeness (QED) is 0.641. The van der Waals surface area contributed by atoms with Crippen molar-refractivity contribution in [3.8, 4) is 17.0 Å². The lowest BCUT2D eigenvalue weighted by molar-refractivity contribution is 0.398. The summed E-state index contributed by atoms with van der Waals surface area (Å²) in [5.41, 5.74) is 3.26. The summed E-state index contributed by atoms with van der Waals surface area (Å²) in [6, 6.07) is 4.86. The molecule has 106 valence electrons. The van der Waals surface area contributed by atoms with Gasteiger partial charge >= 0.3 is 0 Å². The Balaban J connectivity index is 2.26. The van der Waals surface area contributed by atoms with Crippen LogP contribution in [0, 0.1) is 5.82 Å². The molecule has 0 saturated carbocycles. The number of methoxy groups -OCH3 is 1. The number of rotatable bonds is 3. The van der Waals surface area contributed by atoms with Crippen LogP contribution in [0.4, 0.5) is 10.1 Å². The number of nitrogens with zero attached hydrogens (tertiary/aromatic N) is 2. The highest BCUT2D eigenvalue weighted by Gasteiger charge is 2.23. The molecule has 0 unspecified atom stereocenters. The average molecular weight is 284 g/mol. The number of fused-ring (bicyclic) bond motifs is 1. The third-order valence-electron chi connectivity index (χ3n) is 3.73.